The van der Waals surface area contributed by atoms with Gasteiger partial charge in [0.25, 0.3) is 0 Å². The molecule has 1 aliphatic heterocycles. The molecule has 5 heteroatoms. The Hall–Kier alpha value is -1.88. The van der Waals surface area contributed by atoms with Crippen LogP contribution in [-0.2, 0) is 9.59 Å². The summed E-state index contributed by atoms with van der Waals surface area (Å²) in [6.45, 7) is 5.93. The van der Waals surface area contributed by atoms with Crippen molar-refractivity contribution in [1.29, 1.82) is 0 Å². The van der Waals surface area contributed by atoms with E-state index in [2.05, 4.69) is 10.2 Å². The number of likely N-dealkylation sites (N-methyl/N-ethyl adjacent to an activating group) is 1. The maximum absolute atomic E-state index is 12.4. The summed E-state index contributed by atoms with van der Waals surface area (Å²) < 4.78 is 0. The van der Waals surface area contributed by atoms with Gasteiger partial charge in [-0.25, -0.2) is 0 Å². The number of hydrogen-bond acceptors (Lipinski definition) is 3. The third kappa shape index (κ3) is 4.31. The van der Waals surface area contributed by atoms with Crippen molar-refractivity contribution in [3.05, 3.63) is 29.8 Å². The topological polar surface area (TPSA) is 52.7 Å². The molecular weight excluding hydrogens is 278 g/mol. The molecule has 1 heterocycles. The molecule has 1 N–H and O–H groups in total. The van der Waals surface area contributed by atoms with Gasteiger partial charge in [-0.3, -0.25) is 14.5 Å². The molecule has 1 aromatic rings. The summed E-state index contributed by atoms with van der Waals surface area (Å²) >= 11 is 0. The summed E-state index contributed by atoms with van der Waals surface area (Å²) in [5.74, 6) is -0.172. The summed E-state index contributed by atoms with van der Waals surface area (Å²) in [7, 11) is 1.68. The van der Waals surface area contributed by atoms with E-state index < -0.39 is 0 Å². The molecule has 5 nitrogen and oxygen atoms in total. The number of likely N-dealkylation sites (tertiary alicyclic amines) is 1. The van der Waals surface area contributed by atoms with Crippen LogP contribution in [-0.4, -0.2) is 54.3 Å². The summed E-state index contributed by atoms with van der Waals surface area (Å²) in [5, 5.41) is 2.82. The van der Waals surface area contributed by atoms with Crippen LogP contribution in [0.25, 0.3) is 0 Å². The summed E-state index contributed by atoms with van der Waals surface area (Å²) in [6.07, 6.45) is 2.30. The maximum atomic E-state index is 12.4. The average molecular weight is 303 g/mol. The maximum Gasteiger partial charge on any atom is 0.243 e. The van der Waals surface area contributed by atoms with Crippen molar-refractivity contribution in [3.8, 4) is 0 Å². The van der Waals surface area contributed by atoms with Crippen LogP contribution in [0.3, 0.4) is 0 Å². The molecule has 0 spiro atoms. The van der Waals surface area contributed by atoms with E-state index in [0.29, 0.717) is 0 Å². The van der Waals surface area contributed by atoms with Crippen molar-refractivity contribution < 1.29 is 9.59 Å². The Morgan fingerprint density at radius 1 is 1.23 bits per heavy atom. The molecule has 2 amide bonds. The second-order valence-corrected chi connectivity index (χ2v) is 6.03. The molecule has 22 heavy (non-hydrogen) atoms. The van der Waals surface area contributed by atoms with Gasteiger partial charge in [-0.15, -0.1) is 0 Å². The Morgan fingerprint density at radius 2 is 1.82 bits per heavy atom. The van der Waals surface area contributed by atoms with E-state index in [1.54, 1.807) is 7.05 Å². The Bertz CT molecular complexity index is 521. The first-order valence-electron chi connectivity index (χ1n) is 7.83. The van der Waals surface area contributed by atoms with Gasteiger partial charge in [0, 0.05) is 12.7 Å². The van der Waals surface area contributed by atoms with Gasteiger partial charge in [-0.2, -0.15) is 0 Å². The molecule has 0 bridgehead atoms. The van der Waals surface area contributed by atoms with E-state index in [4.69, 9.17) is 0 Å². The number of benzene rings is 1. The molecule has 1 fully saturated rings. The number of rotatable bonds is 5. The molecule has 0 unspecified atom stereocenters. The average Bonchev–Trinajstić information content (AvgIpc) is 3.02. The quantitative estimate of drug-likeness (QED) is 0.903. The molecule has 1 aromatic carbocycles. The molecule has 2 rings (SSSR count). The van der Waals surface area contributed by atoms with E-state index in [-0.39, 0.29) is 24.4 Å². The van der Waals surface area contributed by atoms with Crippen LogP contribution >= 0.6 is 0 Å². The highest BCUT2D eigenvalue weighted by Gasteiger charge is 2.26. The van der Waals surface area contributed by atoms with E-state index in [1.807, 2.05) is 38.1 Å². The molecule has 0 saturated carbocycles. The van der Waals surface area contributed by atoms with Crippen LogP contribution in [0, 0.1) is 6.92 Å². The second-order valence-electron chi connectivity index (χ2n) is 6.03. The van der Waals surface area contributed by atoms with Gasteiger partial charge in [-0.05, 0) is 51.9 Å². The van der Waals surface area contributed by atoms with Crippen LogP contribution in [0.2, 0.25) is 0 Å². The Balaban J connectivity index is 1.84. The number of amides is 2. The van der Waals surface area contributed by atoms with Crippen LogP contribution in [0.1, 0.15) is 25.3 Å². The number of carbonyl (C=O) groups is 2. The molecule has 1 saturated heterocycles. The lowest BCUT2D eigenvalue weighted by atomic mass is 10.2. The minimum absolute atomic E-state index is 0.000885. The highest BCUT2D eigenvalue weighted by atomic mass is 16.2. The Morgan fingerprint density at radius 3 is 2.41 bits per heavy atom. The van der Waals surface area contributed by atoms with Crippen LogP contribution in [0.15, 0.2) is 24.3 Å². The zero-order chi connectivity index (χ0) is 16.1. The predicted octanol–water partition coefficient (Wildman–Crippen LogP) is 1.88. The standard InChI is InChI=1S/C17H25N3O2/c1-13-6-8-15(9-7-13)18-16(21)12-19(3)17(22)14(2)20-10-4-5-11-20/h6-9,14H,4-5,10-12H2,1-3H3,(H,18,21)/t14-/m1/s1. The van der Waals surface area contributed by atoms with Crippen molar-refractivity contribution in [3.63, 3.8) is 0 Å². The normalized spacial score (nSPS) is 16.3. The van der Waals surface area contributed by atoms with Crippen LogP contribution < -0.4 is 5.32 Å². The lowest BCUT2D eigenvalue weighted by molar-refractivity contribution is -0.137. The van der Waals surface area contributed by atoms with Crippen molar-refractivity contribution in [2.75, 3.05) is 32.0 Å². The lowest BCUT2D eigenvalue weighted by Crippen LogP contribution is -2.46. The van der Waals surface area contributed by atoms with Gasteiger partial charge < -0.3 is 10.2 Å². The van der Waals surface area contributed by atoms with Crippen LogP contribution in [0.5, 0.6) is 0 Å². The number of nitrogens with zero attached hydrogens (tertiary/aromatic N) is 2. The fraction of sp³-hybridized carbons (Fsp3) is 0.529. The first kappa shape index (κ1) is 16.5. The summed E-state index contributed by atoms with van der Waals surface area (Å²) in [5.41, 5.74) is 1.90. The van der Waals surface area contributed by atoms with Crippen molar-refractivity contribution in [1.82, 2.24) is 9.80 Å². The summed E-state index contributed by atoms with van der Waals surface area (Å²) in [6, 6.07) is 7.46. The smallest absolute Gasteiger partial charge is 0.243 e. The van der Waals surface area contributed by atoms with Gasteiger partial charge >= 0.3 is 0 Å². The first-order valence-corrected chi connectivity index (χ1v) is 7.83. The van der Waals surface area contributed by atoms with Crippen molar-refractivity contribution in [2.24, 2.45) is 0 Å². The van der Waals surface area contributed by atoms with Gasteiger partial charge in [-0.1, -0.05) is 17.7 Å². The van der Waals surface area contributed by atoms with Gasteiger partial charge in [0.05, 0.1) is 12.6 Å². The van der Waals surface area contributed by atoms with Gasteiger partial charge in [0.1, 0.15) is 0 Å². The fourth-order valence-electron chi connectivity index (χ4n) is 2.73. The Labute approximate surface area is 132 Å². The number of hydrogen-bond donors (Lipinski definition) is 1. The largest absolute Gasteiger partial charge is 0.335 e. The minimum atomic E-state index is -0.173. The van der Waals surface area contributed by atoms with E-state index in [1.165, 1.54) is 4.90 Å². The zero-order valence-corrected chi connectivity index (χ0v) is 13.6. The number of anilines is 1. The molecule has 1 atom stereocenters. The summed E-state index contributed by atoms with van der Waals surface area (Å²) in [4.78, 5) is 28.1. The number of nitrogens with one attached hydrogen (secondary N) is 1. The zero-order valence-electron chi connectivity index (χ0n) is 13.6. The highest BCUT2D eigenvalue weighted by Crippen LogP contribution is 2.13. The third-order valence-corrected chi connectivity index (χ3v) is 4.14. The van der Waals surface area contributed by atoms with Gasteiger partial charge in [0.15, 0.2) is 0 Å². The van der Waals surface area contributed by atoms with Gasteiger partial charge in [0.2, 0.25) is 11.8 Å². The minimum Gasteiger partial charge on any atom is -0.335 e. The highest BCUT2D eigenvalue weighted by molar-refractivity contribution is 5.95. The molecular formula is C17H25N3O2. The Kier molecular flexibility index (Phi) is 5.55. The van der Waals surface area contributed by atoms with Crippen molar-refractivity contribution in [2.45, 2.75) is 32.7 Å². The second kappa shape index (κ2) is 7.40. The SMILES string of the molecule is Cc1ccc(NC(=O)CN(C)C(=O)[C@@H](C)N2CCCC2)cc1. The van der Waals surface area contributed by atoms with E-state index in [9.17, 15) is 9.59 Å². The number of carbonyl (C=O) groups excluding carboxylic acids is 2. The molecule has 0 radical (unpaired) electrons. The number of aryl methyl sites for hydroxylation is 1. The van der Waals surface area contributed by atoms with E-state index in [0.717, 1.165) is 37.2 Å². The molecule has 0 aromatic heterocycles. The van der Waals surface area contributed by atoms with Crippen LogP contribution in [0.4, 0.5) is 5.69 Å². The molecule has 120 valence electrons. The molecule has 0 aliphatic carbocycles. The predicted molar refractivity (Wildman–Crippen MR) is 87.7 cm³/mol. The third-order valence-electron chi connectivity index (χ3n) is 4.14. The van der Waals surface area contributed by atoms with E-state index >= 15 is 0 Å². The monoisotopic (exact) mass is 303 g/mol. The fourth-order valence-corrected chi connectivity index (χ4v) is 2.73. The molecule has 1 aliphatic rings. The van der Waals surface area contributed by atoms with Crippen molar-refractivity contribution >= 4 is 17.5 Å². The first-order chi connectivity index (χ1) is 10.5. The lowest BCUT2D eigenvalue weighted by Gasteiger charge is -2.27.